The van der Waals surface area contributed by atoms with Crippen molar-refractivity contribution < 1.29 is 13.9 Å². The molecule has 20 heavy (non-hydrogen) atoms. The number of aliphatic hydroxyl groups excluding tert-OH is 1. The van der Waals surface area contributed by atoms with Gasteiger partial charge in [0.15, 0.2) is 11.6 Å². The number of benzene rings is 2. The van der Waals surface area contributed by atoms with E-state index in [2.05, 4.69) is 0 Å². The number of hydrogen-bond acceptors (Lipinski definition) is 2. The number of rotatable bonds is 5. The molecule has 1 atom stereocenters. The molecular weight excluding hydrogens is 278 g/mol. The second kappa shape index (κ2) is 6.86. The van der Waals surface area contributed by atoms with Crippen molar-refractivity contribution in [3.8, 4) is 0 Å². The number of thioether (sulfide) groups is 1. The van der Waals surface area contributed by atoms with Gasteiger partial charge in [0, 0.05) is 17.1 Å². The van der Waals surface area contributed by atoms with Gasteiger partial charge in [0.25, 0.3) is 0 Å². The molecule has 0 bridgehead atoms. The van der Waals surface area contributed by atoms with Gasteiger partial charge in [0.05, 0.1) is 6.10 Å². The third-order valence-corrected chi connectivity index (χ3v) is 4.11. The van der Waals surface area contributed by atoms with Gasteiger partial charge in [-0.05, 0) is 30.7 Å². The summed E-state index contributed by atoms with van der Waals surface area (Å²) in [5.41, 5.74) is 1.39. The molecule has 2 rings (SSSR count). The molecule has 0 saturated carbocycles. The summed E-state index contributed by atoms with van der Waals surface area (Å²) in [6.45, 7) is 2.01. The SMILES string of the molecule is Cc1ccc(SCC(O)Cc2cccc(F)c2F)cc1. The van der Waals surface area contributed by atoms with Crippen LogP contribution in [-0.2, 0) is 6.42 Å². The first kappa shape index (κ1) is 15.0. The number of aliphatic hydroxyl groups is 1. The fourth-order valence-corrected chi connectivity index (χ4v) is 2.68. The maximum Gasteiger partial charge on any atom is 0.162 e. The van der Waals surface area contributed by atoms with Crippen LogP contribution in [0.15, 0.2) is 47.4 Å². The van der Waals surface area contributed by atoms with Crippen molar-refractivity contribution in [1.82, 2.24) is 0 Å². The summed E-state index contributed by atoms with van der Waals surface area (Å²) < 4.78 is 26.5. The fraction of sp³-hybridized carbons (Fsp3) is 0.250. The van der Waals surface area contributed by atoms with Crippen LogP contribution in [0.2, 0.25) is 0 Å². The van der Waals surface area contributed by atoms with Gasteiger partial charge in [-0.1, -0.05) is 29.8 Å². The Morgan fingerprint density at radius 2 is 1.80 bits per heavy atom. The molecule has 0 aliphatic rings. The van der Waals surface area contributed by atoms with E-state index in [0.29, 0.717) is 5.75 Å². The van der Waals surface area contributed by atoms with E-state index in [4.69, 9.17) is 0 Å². The lowest BCUT2D eigenvalue weighted by molar-refractivity contribution is 0.198. The molecule has 2 aromatic carbocycles. The van der Waals surface area contributed by atoms with Gasteiger partial charge in [-0.3, -0.25) is 0 Å². The van der Waals surface area contributed by atoms with E-state index in [1.807, 2.05) is 31.2 Å². The highest BCUT2D eigenvalue weighted by Crippen LogP contribution is 2.21. The minimum Gasteiger partial charge on any atom is -0.392 e. The minimum absolute atomic E-state index is 0.114. The highest BCUT2D eigenvalue weighted by molar-refractivity contribution is 7.99. The summed E-state index contributed by atoms with van der Waals surface area (Å²) in [5.74, 6) is -1.30. The number of hydrogen-bond donors (Lipinski definition) is 1. The van der Waals surface area contributed by atoms with Crippen LogP contribution in [0.1, 0.15) is 11.1 Å². The molecule has 0 radical (unpaired) electrons. The summed E-state index contributed by atoms with van der Waals surface area (Å²) in [6, 6.07) is 12.0. The van der Waals surface area contributed by atoms with E-state index in [1.54, 1.807) is 0 Å². The molecule has 106 valence electrons. The minimum atomic E-state index is -0.874. The number of aryl methyl sites for hydroxylation is 1. The largest absolute Gasteiger partial charge is 0.392 e. The quantitative estimate of drug-likeness (QED) is 0.842. The standard InChI is InChI=1S/C16H16F2OS/c1-11-5-7-14(8-6-11)20-10-13(19)9-12-3-2-4-15(17)16(12)18/h2-8,13,19H,9-10H2,1H3. The lowest BCUT2D eigenvalue weighted by Crippen LogP contribution is -2.14. The summed E-state index contributed by atoms with van der Waals surface area (Å²) in [4.78, 5) is 1.05. The molecule has 0 saturated heterocycles. The highest BCUT2D eigenvalue weighted by Gasteiger charge is 2.12. The van der Waals surface area contributed by atoms with E-state index in [9.17, 15) is 13.9 Å². The summed E-state index contributed by atoms with van der Waals surface area (Å²) >= 11 is 1.50. The Morgan fingerprint density at radius 1 is 1.10 bits per heavy atom. The molecule has 1 N–H and O–H groups in total. The van der Waals surface area contributed by atoms with E-state index < -0.39 is 17.7 Å². The van der Waals surface area contributed by atoms with Gasteiger partial charge in [-0.2, -0.15) is 0 Å². The van der Waals surface area contributed by atoms with Crippen molar-refractivity contribution in [1.29, 1.82) is 0 Å². The molecular formula is C16H16F2OS. The third kappa shape index (κ3) is 4.05. The third-order valence-electron chi connectivity index (χ3n) is 2.95. The van der Waals surface area contributed by atoms with Crippen molar-refractivity contribution in [2.45, 2.75) is 24.3 Å². The van der Waals surface area contributed by atoms with E-state index in [-0.39, 0.29) is 12.0 Å². The molecule has 1 nitrogen and oxygen atoms in total. The summed E-state index contributed by atoms with van der Waals surface area (Å²) in [7, 11) is 0. The van der Waals surface area contributed by atoms with Crippen molar-refractivity contribution in [3.05, 3.63) is 65.2 Å². The van der Waals surface area contributed by atoms with Gasteiger partial charge >= 0.3 is 0 Å². The molecule has 4 heteroatoms. The monoisotopic (exact) mass is 294 g/mol. The Hall–Kier alpha value is -1.39. The summed E-state index contributed by atoms with van der Waals surface area (Å²) in [5, 5.41) is 9.92. The predicted octanol–water partition coefficient (Wildman–Crippen LogP) is 3.97. The Bertz CT molecular complexity index is 569. The lowest BCUT2D eigenvalue weighted by atomic mass is 10.1. The van der Waals surface area contributed by atoms with Crippen LogP contribution in [0.5, 0.6) is 0 Å². The lowest BCUT2D eigenvalue weighted by Gasteiger charge is -2.11. The van der Waals surface area contributed by atoms with Gasteiger partial charge in [0.1, 0.15) is 0 Å². The smallest absolute Gasteiger partial charge is 0.162 e. The van der Waals surface area contributed by atoms with Crippen molar-refractivity contribution in [3.63, 3.8) is 0 Å². The topological polar surface area (TPSA) is 20.2 Å². The average molecular weight is 294 g/mol. The molecule has 0 spiro atoms. The molecule has 0 heterocycles. The Labute approximate surface area is 121 Å². The van der Waals surface area contributed by atoms with E-state index in [0.717, 1.165) is 11.0 Å². The normalized spacial score (nSPS) is 12.4. The number of halogens is 2. The van der Waals surface area contributed by atoms with E-state index in [1.165, 1.54) is 29.5 Å². The molecule has 0 amide bonds. The zero-order valence-corrected chi connectivity index (χ0v) is 12.0. The second-order valence-corrected chi connectivity index (χ2v) is 5.79. The Balaban J connectivity index is 1.91. The van der Waals surface area contributed by atoms with Crippen LogP contribution in [0, 0.1) is 18.6 Å². The van der Waals surface area contributed by atoms with Crippen molar-refractivity contribution >= 4 is 11.8 Å². The fourth-order valence-electron chi connectivity index (χ4n) is 1.85. The zero-order valence-electron chi connectivity index (χ0n) is 11.1. The first-order valence-electron chi connectivity index (χ1n) is 6.36. The first-order chi connectivity index (χ1) is 9.56. The van der Waals surface area contributed by atoms with Gasteiger partial charge < -0.3 is 5.11 Å². The molecule has 0 aliphatic heterocycles. The van der Waals surface area contributed by atoms with Crippen LogP contribution in [0.4, 0.5) is 8.78 Å². The van der Waals surface area contributed by atoms with Crippen LogP contribution in [-0.4, -0.2) is 17.0 Å². The van der Waals surface area contributed by atoms with Crippen molar-refractivity contribution in [2.24, 2.45) is 0 Å². The van der Waals surface area contributed by atoms with Gasteiger partial charge in [-0.25, -0.2) is 8.78 Å². The molecule has 0 aromatic heterocycles. The van der Waals surface area contributed by atoms with Gasteiger partial charge in [-0.15, -0.1) is 11.8 Å². The van der Waals surface area contributed by atoms with Gasteiger partial charge in [0.2, 0.25) is 0 Å². The average Bonchev–Trinajstić information content (AvgIpc) is 2.43. The van der Waals surface area contributed by atoms with E-state index >= 15 is 0 Å². The first-order valence-corrected chi connectivity index (χ1v) is 7.35. The van der Waals surface area contributed by atoms with Crippen LogP contribution in [0.25, 0.3) is 0 Å². The Morgan fingerprint density at radius 3 is 2.50 bits per heavy atom. The van der Waals surface area contributed by atoms with Crippen molar-refractivity contribution in [2.75, 3.05) is 5.75 Å². The maximum absolute atomic E-state index is 13.5. The van der Waals surface area contributed by atoms with Crippen LogP contribution in [0.3, 0.4) is 0 Å². The zero-order chi connectivity index (χ0) is 14.5. The Kier molecular flexibility index (Phi) is 5.15. The van der Waals surface area contributed by atoms with Crippen LogP contribution < -0.4 is 0 Å². The summed E-state index contributed by atoms with van der Waals surface area (Å²) in [6.07, 6.45) is -0.597. The second-order valence-electron chi connectivity index (χ2n) is 4.69. The maximum atomic E-state index is 13.5. The predicted molar refractivity (Wildman–Crippen MR) is 78.0 cm³/mol. The molecule has 1 unspecified atom stereocenters. The molecule has 0 fully saturated rings. The van der Waals surface area contributed by atoms with Crippen LogP contribution >= 0.6 is 11.8 Å². The molecule has 2 aromatic rings. The molecule has 0 aliphatic carbocycles. The highest BCUT2D eigenvalue weighted by atomic mass is 32.2.